The van der Waals surface area contributed by atoms with Crippen LogP contribution in [0.2, 0.25) is 0 Å². The number of halogens is 3. The van der Waals surface area contributed by atoms with Crippen molar-refractivity contribution in [2.45, 2.75) is 19.7 Å². The van der Waals surface area contributed by atoms with Crippen LogP contribution in [0.4, 0.5) is 13.2 Å². The third-order valence-electron chi connectivity index (χ3n) is 2.18. The van der Waals surface area contributed by atoms with E-state index >= 15 is 0 Å². The van der Waals surface area contributed by atoms with Crippen molar-refractivity contribution in [3.63, 3.8) is 0 Å². The van der Waals surface area contributed by atoms with Gasteiger partial charge in [-0.15, -0.1) is 13.2 Å². The summed E-state index contributed by atoms with van der Waals surface area (Å²) in [6, 6.07) is 2.71. The minimum atomic E-state index is -4.64. The quantitative estimate of drug-likeness (QED) is 0.721. The molecule has 0 saturated carbocycles. The van der Waals surface area contributed by atoms with Gasteiger partial charge in [-0.1, -0.05) is 0 Å². The van der Waals surface area contributed by atoms with E-state index in [1.165, 1.54) is 12.1 Å². The number of ether oxygens (including phenoxy) is 2. The highest BCUT2D eigenvalue weighted by Crippen LogP contribution is 2.34. The van der Waals surface area contributed by atoms with E-state index in [-0.39, 0.29) is 5.75 Å². The topological polar surface area (TPSA) is 18.5 Å². The zero-order chi connectivity index (χ0) is 11.1. The number of hydrogen-bond donors (Lipinski definition) is 0. The predicted octanol–water partition coefficient (Wildman–Crippen LogP) is 2.83. The summed E-state index contributed by atoms with van der Waals surface area (Å²) in [6.07, 6.45) is -4.01. The van der Waals surface area contributed by atoms with Gasteiger partial charge in [0, 0.05) is 12.0 Å². The van der Waals surface area contributed by atoms with Crippen LogP contribution in [-0.2, 0) is 6.42 Å². The Balaban J connectivity index is 2.32. The first-order valence-electron chi connectivity index (χ1n) is 4.48. The maximum atomic E-state index is 12.0. The zero-order valence-corrected chi connectivity index (χ0v) is 8.02. The molecule has 0 aromatic heterocycles. The van der Waals surface area contributed by atoms with Crippen LogP contribution < -0.4 is 9.47 Å². The van der Waals surface area contributed by atoms with Gasteiger partial charge in [0.05, 0.1) is 6.61 Å². The fraction of sp³-hybridized carbons (Fsp3) is 0.400. The van der Waals surface area contributed by atoms with E-state index in [1.54, 1.807) is 6.92 Å². The molecule has 1 heterocycles. The van der Waals surface area contributed by atoms with Crippen LogP contribution in [0.1, 0.15) is 11.1 Å². The van der Waals surface area contributed by atoms with Crippen LogP contribution >= 0.6 is 0 Å². The molecule has 0 fully saturated rings. The SMILES string of the molecule is Cc1cc(OC(F)(F)F)cc2c1OCC2. The minimum absolute atomic E-state index is 0.177. The van der Waals surface area contributed by atoms with Crippen molar-refractivity contribution >= 4 is 0 Å². The predicted molar refractivity (Wildman–Crippen MR) is 47.1 cm³/mol. The molecule has 0 unspecified atom stereocenters. The van der Waals surface area contributed by atoms with Crippen LogP contribution in [0.15, 0.2) is 12.1 Å². The summed E-state index contributed by atoms with van der Waals surface area (Å²) in [5.41, 5.74) is 1.44. The van der Waals surface area contributed by atoms with Gasteiger partial charge in [-0.05, 0) is 24.6 Å². The van der Waals surface area contributed by atoms with Gasteiger partial charge in [-0.3, -0.25) is 0 Å². The van der Waals surface area contributed by atoms with E-state index < -0.39 is 6.36 Å². The highest BCUT2D eigenvalue weighted by atomic mass is 19.4. The molecule has 0 amide bonds. The van der Waals surface area contributed by atoms with Crippen molar-refractivity contribution in [2.75, 3.05) is 6.61 Å². The Kier molecular flexibility index (Phi) is 2.25. The van der Waals surface area contributed by atoms with Crippen molar-refractivity contribution in [1.82, 2.24) is 0 Å². The fourth-order valence-electron chi connectivity index (χ4n) is 1.66. The number of alkyl halides is 3. The van der Waals surface area contributed by atoms with Crippen molar-refractivity contribution < 1.29 is 22.6 Å². The normalized spacial score (nSPS) is 14.7. The van der Waals surface area contributed by atoms with Crippen molar-refractivity contribution in [2.24, 2.45) is 0 Å². The summed E-state index contributed by atoms with van der Waals surface area (Å²) < 4.78 is 45.0. The van der Waals surface area contributed by atoms with Gasteiger partial charge in [0.1, 0.15) is 11.5 Å². The molecule has 0 radical (unpaired) electrons. The van der Waals surface area contributed by atoms with Gasteiger partial charge < -0.3 is 9.47 Å². The molecule has 82 valence electrons. The number of rotatable bonds is 1. The monoisotopic (exact) mass is 218 g/mol. The first kappa shape index (κ1) is 10.1. The molecule has 15 heavy (non-hydrogen) atoms. The molecule has 0 atom stereocenters. The molecule has 2 nitrogen and oxygen atoms in total. The molecular weight excluding hydrogens is 209 g/mol. The van der Waals surface area contributed by atoms with E-state index in [2.05, 4.69) is 4.74 Å². The maximum absolute atomic E-state index is 12.0. The minimum Gasteiger partial charge on any atom is -0.493 e. The molecule has 0 saturated heterocycles. The molecule has 0 spiro atoms. The van der Waals surface area contributed by atoms with Gasteiger partial charge in [-0.25, -0.2) is 0 Å². The molecule has 1 aliphatic rings. The Hall–Kier alpha value is -1.39. The van der Waals surface area contributed by atoms with E-state index in [4.69, 9.17) is 4.74 Å². The van der Waals surface area contributed by atoms with Crippen LogP contribution in [0.5, 0.6) is 11.5 Å². The lowest BCUT2D eigenvalue weighted by molar-refractivity contribution is -0.274. The average molecular weight is 218 g/mol. The Morgan fingerprint density at radius 1 is 1.33 bits per heavy atom. The van der Waals surface area contributed by atoms with Crippen molar-refractivity contribution in [3.8, 4) is 11.5 Å². The number of fused-ring (bicyclic) bond motifs is 1. The first-order chi connectivity index (χ1) is 6.96. The molecule has 1 aliphatic heterocycles. The van der Waals surface area contributed by atoms with E-state index in [9.17, 15) is 13.2 Å². The third kappa shape index (κ3) is 2.16. The molecule has 0 aliphatic carbocycles. The molecule has 0 N–H and O–H groups in total. The van der Waals surface area contributed by atoms with Crippen molar-refractivity contribution in [1.29, 1.82) is 0 Å². The van der Waals surface area contributed by atoms with Crippen LogP contribution in [-0.4, -0.2) is 13.0 Å². The smallest absolute Gasteiger partial charge is 0.493 e. The van der Waals surface area contributed by atoms with Gasteiger partial charge in [0.15, 0.2) is 0 Å². The Morgan fingerprint density at radius 3 is 2.73 bits per heavy atom. The zero-order valence-electron chi connectivity index (χ0n) is 8.02. The second-order valence-corrected chi connectivity index (χ2v) is 3.37. The van der Waals surface area contributed by atoms with Crippen LogP contribution in [0, 0.1) is 6.92 Å². The molecule has 2 rings (SSSR count). The largest absolute Gasteiger partial charge is 0.573 e. The van der Waals surface area contributed by atoms with Gasteiger partial charge in [0.2, 0.25) is 0 Å². The molecule has 5 heteroatoms. The van der Waals surface area contributed by atoms with Gasteiger partial charge in [0.25, 0.3) is 0 Å². The summed E-state index contributed by atoms with van der Waals surface area (Å²) in [6.45, 7) is 2.22. The van der Waals surface area contributed by atoms with E-state index in [1.807, 2.05) is 0 Å². The summed E-state index contributed by atoms with van der Waals surface area (Å²) >= 11 is 0. The summed E-state index contributed by atoms with van der Waals surface area (Å²) in [5, 5.41) is 0. The molecule has 1 aromatic rings. The van der Waals surface area contributed by atoms with Gasteiger partial charge in [-0.2, -0.15) is 0 Å². The van der Waals surface area contributed by atoms with Crippen molar-refractivity contribution in [3.05, 3.63) is 23.3 Å². The molecular formula is C10H9F3O2. The maximum Gasteiger partial charge on any atom is 0.573 e. The number of benzene rings is 1. The van der Waals surface area contributed by atoms with E-state index in [0.717, 1.165) is 5.56 Å². The Labute approximate surface area is 84.6 Å². The highest BCUT2D eigenvalue weighted by molar-refractivity contribution is 5.48. The highest BCUT2D eigenvalue weighted by Gasteiger charge is 2.31. The lowest BCUT2D eigenvalue weighted by atomic mass is 10.1. The Bertz CT molecular complexity index is 385. The standard InChI is InChI=1S/C10H9F3O2/c1-6-4-8(15-10(11,12)13)5-7-2-3-14-9(6)7/h4-5H,2-3H2,1H3. The number of aryl methyl sites for hydroxylation is 1. The molecule has 0 bridgehead atoms. The second kappa shape index (κ2) is 3.32. The van der Waals surface area contributed by atoms with Gasteiger partial charge >= 0.3 is 6.36 Å². The Morgan fingerprint density at radius 2 is 2.07 bits per heavy atom. The first-order valence-corrected chi connectivity index (χ1v) is 4.48. The lowest BCUT2D eigenvalue weighted by Gasteiger charge is -2.11. The van der Waals surface area contributed by atoms with Crippen LogP contribution in [0.3, 0.4) is 0 Å². The van der Waals surface area contributed by atoms with E-state index in [0.29, 0.717) is 24.3 Å². The third-order valence-corrected chi connectivity index (χ3v) is 2.18. The fourth-order valence-corrected chi connectivity index (χ4v) is 1.66. The summed E-state index contributed by atoms with van der Waals surface area (Å²) in [5.74, 6) is 0.508. The lowest BCUT2D eigenvalue weighted by Crippen LogP contribution is -2.17. The number of hydrogen-bond acceptors (Lipinski definition) is 2. The molecule has 1 aromatic carbocycles. The summed E-state index contributed by atoms with van der Waals surface area (Å²) in [4.78, 5) is 0. The van der Waals surface area contributed by atoms with Crippen LogP contribution in [0.25, 0.3) is 0 Å². The summed E-state index contributed by atoms with van der Waals surface area (Å²) in [7, 11) is 0. The second-order valence-electron chi connectivity index (χ2n) is 3.37. The average Bonchev–Trinajstić information content (AvgIpc) is 2.48.